The summed E-state index contributed by atoms with van der Waals surface area (Å²) in [5.74, 6) is 0.927. The van der Waals surface area contributed by atoms with Gasteiger partial charge in [-0.2, -0.15) is 5.10 Å². The zero-order chi connectivity index (χ0) is 19.1. The lowest BCUT2D eigenvalue weighted by Crippen LogP contribution is -2.16. The fourth-order valence-electron chi connectivity index (χ4n) is 2.25. The lowest BCUT2D eigenvalue weighted by molar-refractivity contribution is 0.0927. The Hall–Kier alpha value is -3.25. The van der Waals surface area contributed by atoms with Crippen molar-refractivity contribution in [3.05, 3.63) is 82.8 Å². The number of nitrogens with one attached hydrogen (secondary N) is 1. The molecule has 0 spiro atoms. The van der Waals surface area contributed by atoms with Crippen LogP contribution in [0.4, 0.5) is 0 Å². The predicted octanol–water partition coefficient (Wildman–Crippen LogP) is 4.28. The molecule has 0 aliphatic heterocycles. The van der Waals surface area contributed by atoms with Gasteiger partial charge in [0.25, 0.3) is 0 Å². The fourth-order valence-corrected chi connectivity index (χ4v) is 2.38. The second-order valence-electron chi connectivity index (χ2n) is 5.50. The normalized spacial score (nSPS) is 10.7. The van der Waals surface area contributed by atoms with Crippen LogP contribution in [0.2, 0.25) is 5.02 Å². The molecule has 0 saturated carbocycles. The van der Waals surface area contributed by atoms with E-state index < -0.39 is 5.91 Å². The van der Waals surface area contributed by atoms with Crippen LogP contribution in [0.1, 0.15) is 21.7 Å². The van der Waals surface area contributed by atoms with Crippen LogP contribution in [0, 0.1) is 0 Å². The summed E-state index contributed by atoms with van der Waals surface area (Å²) in [7, 11) is 1.56. The van der Waals surface area contributed by atoms with E-state index in [0.29, 0.717) is 23.1 Å². The number of benzene rings is 2. The van der Waals surface area contributed by atoms with Gasteiger partial charge in [-0.3, -0.25) is 4.79 Å². The number of rotatable bonds is 7. The van der Waals surface area contributed by atoms with Crippen molar-refractivity contribution in [3.63, 3.8) is 0 Å². The van der Waals surface area contributed by atoms with Gasteiger partial charge in [-0.15, -0.1) is 0 Å². The molecule has 7 heteroatoms. The Morgan fingerprint density at radius 1 is 1.19 bits per heavy atom. The summed E-state index contributed by atoms with van der Waals surface area (Å²) < 4.78 is 16.2. The number of hydrazone groups is 1. The van der Waals surface area contributed by atoms with Crippen LogP contribution >= 0.6 is 11.6 Å². The van der Waals surface area contributed by atoms with E-state index in [9.17, 15) is 4.79 Å². The first-order valence-corrected chi connectivity index (χ1v) is 8.45. The van der Waals surface area contributed by atoms with Crippen LogP contribution < -0.4 is 14.9 Å². The third-order valence-corrected chi connectivity index (χ3v) is 3.87. The third kappa shape index (κ3) is 5.12. The lowest BCUT2D eigenvalue weighted by Gasteiger charge is -2.11. The summed E-state index contributed by atoms with van der Waals surface area (Å²) in [5, 5.41) is 4.59. The van der Waals surface area contributed by atoms with Crippen molar-refractivity contribution in [2.75, 3.05) is 7.11 Å². The zero-order valence-corrected chi connectivity index (χ0v) is 15.3. The van der Waals surface area contributed by atoms with Crippen molar-refractivity contribution in [1.29, 1.82) is 0 Å². The molecular weight excluding hydrogens is 368 g/mol. The summed E-state index contributed by atoms with van der Waals surface area (Å²) in [4.78, 5) is 11.7. The zero-order valence-electron chi connectivity index (χ0n) is 14.5. The van der Waals surface area contributed by atoms with Gasteiger partial charge in [0.05, 0.1) is 19.6 Å². The smallest absolute Gasteiger partial charge is 0.307 e. The largest absolute Gasteiger partial charge is 0.493 e. The number of furan rings is 1. The highest BCUT2D eigenvalue weighted by Gasteiger charge is 2.07. The number of hydrogen-bond acceptors (Lipinski definition) is 5. The molecule has 27 heavy (non-hydrogen) atoms. The molecular formula is C20H17ClN2O4. The highest BCUT2D eigenvalue weighted by Crippen LogP contribution is 2.28. The van der Waals surface area contributed by atoms with Gasteiger partial charge in [-0.05, 0) is 53.6 Å². The lowest BCUT2D eigenvalue weighted by atomic mass is 10.2. The van der Waals surface area contributed by atoms with Gasteiger partial charge in [0.1, 0.15) is 6.61 Å². The molecule has 0 radical (unpaired) electrons. The average molecular weight is 385 g/mol. The number of ether oxygens (including phenoxy) is 2. The molecule has 1 amide bonds. The first kappa shape index (κ1) is 18.5. The Kier molecular flexibility index (Phi) is 6.12. The van der Waals surface area contributed by atoms with E-state index in [1.54, 1.807) is 31.4 Å². The molecule has 0 aliphatic carbocycles. The maximum atomic E-state index is 11.7. The Morgan fingerprint density at radius 3 is 2.70 bits per heavy atom. The fraction of sp³-hybridized carbons (Fsp3) is 0.100. The summed E-state index contributed by atoms with van der Waals surface area (Å²) in [6.45, 7) is 0.389. The van der Waals surface area contributed by atoms with Gasteiger partial charge >= 0.3 is 5.91 Å². The quantitative estimate of drug-likeness (QED) is 0.487. The standard InChI is InChI=1S/C20H17ClN2O4/c1-25-19-11-15(12-22-23-20(24)18-3-2-10-26-18)6-9-17(19)27-13-14-4-7-16(21)8-5-14/h2-12H,13H2,1H3,(H,23,24)/b22-12+. The van der Waals surface area contributed by atoms with Crippen LogP contribution in [0.3, 0.4) is 0 Å². The van der Waals surface area contributed by atoms with Crippen molar-refractivity contribution in [2.24, 2.45) is 5.10 Å². The molecule has 0 aliphatic rings. The summed E-state index contributed by atoms with van der Waals surface area (Å²) in [5.41, 5.74) is 4.13. The number of methoxy groups -OCH3 is 1. The first-order valence-electron chi connectivity index (χ1n) is 8.08. The van der Waals surface area contributed by atoms with Gasteiger partial charge in [0.2, 0.25) is 0 Å². The Bertz CT molecular complexity index is 922. The van der Waals surface area contributed by atoms with Crippen molar-refractivity contribution < 1.29 is 18.7 Å². The predicted molar refractivity (Wildman–Crippen MR) is 103 cm³/mol. The van der Waals surface area contributed by atoms with Crippen LogP contribution in [0.15, 0.2) is 70.4 Å². The van der Waals surface area contributed by atoms with Crippen LogP contribution in [0.25, 0.3) is 0 Å². The number of halogens is 1. The van der Waals surface area contributed by atoms with Crippen molar-refractivity contribution in [1.82, 2.24) is 5.43 Å². The Labute approximate surface area is 161 Å². The summed E-state index contributed by atoms with van der Waals surface area (Å²) in [6.07, 6.45) is 2.93. The van der Waals surface area contributed by atoms with Crippen molar-refractivity contribution in [2.45, 2.75) is 6.61 Å². The number of nitrogens with zero attached hydrogens (tertiary/aromatic N) is 1. The maximum Gasteiger partial charge on any atom is 0.307 e. The monoisotopic (exact) mass is 384 g/mol. The van der Waals surface area contributed by atoms with Gasteiger partial charge in [0.15, 0.2) is 17.3 Å². The Balaban J connectivity index is 1.62. The summed E-state index contributed by atoms with van der Waals surface area (Å²) in [6, 6.07) is 16.0. The van der Waals surface area contributed by atoms with E-state index in [2.05, 4.69) is 10.5 Å². The molecule has 3 aromatic rings. The highest BCUT2D eigenvalue weighted by atomic mass is 35.5. The SMILES string of the molecule is COc1cc(/C=N/NC(=O)c2ccco2)ccc1OCc1ccc(Cl)cc1. The second-order valence-corrected chi connectivity index (χ2v) is 5.94. The first-order chi connectivity index (χ1) is 13.2. The molecule has 0 bridgehead atoms. The van der Waals surface area contributed by atoms with Crippen LogP contribution in [0.5, 0.6) is 11.5 Å². The minimum Gasteiger partial charge on any atom is -0.493 e. The molecule has 0 saturated heterocycles. The number of carbonyl (C=O) groups is 1. The molecule has 0 unspecified atom stereocenters. The molecule has 6 nitrogen and oxygen atoms in total. The van der Waals surface area contributed by atoms with Gasteiger partial charge in [-0.25, -0.2) is 5.43 Å². The molecule has 1 aromatic heterocycles. The molecule has 1 N–H and O–H groups in total. The van der Waals surface area contributed by atoms with Gasteiger partial charge in [0, 0.05) is 5.02 Å². The number of hydrogen-bond donors (Lipinski definition) is 1. The minimum atomic E-state index is -0.425. The van der Waals surface area contributed by atoms with E-state index in [1.165, 1.54) is 12.5 Å². The van der Waals surface area contributed by atoms with Crippen molar-refractivity contribution in [3.8, 4) is 11.5 Å². The Morgan fingerprint density at radius 2 is 2.00 bits per heavy atom. The third-order valence-electron chi connectivity index (χ3n) is 3.62. The van der Waals surface area contributed by atoms with E-state index in [-0.39, 0.29) is 5.76 Å². The van der Waals surface area contributed by atoms with Gasteiger partial charge < -0.3 is 13.9 Å². The molecule has 3 rings (SSSR count). The number of carbonyl (C=O) groups excluding carboxylic acids is 1. The molecule has 1 heterocycles. The minimum absolute atomic E-state index is 0.190. The van der Waals surface area contributed by atoms with E-state index in [4.69, 9.17) is 25.5 Å². The van der Waals surface area contributed by atoms with Crippen LogP contribution in [-0.2, 0) is 6.61 Å². The highest BCUT2D eigenvalue weighted by molar-refractivity contribution is 6.30. The van der Waals surface area contributed by atoms with E-state index in [0.717, 1.165) is 11.1 Å². The summed E-state index contributed by atoms with van der Waals surface area (Å²) >= 11 is 5.88. The maximum absolute atomic E-state index is 11.7. The molecule has 0 fully saturated rings. The number of amides is 1. The average Bonchev–Trinajstić information content (AvgIpc) is 3.23. The molecule has 138 valence electrons. The van der Waals surface area contributed by atoms with Crippen LogP contribution in [-0.4, -0.2) is 19.2 Å². The molecule has 0 atom stereocenters. The van der Waals surface area contributed by atoms with E-state index >= 15 is 0 Å². The second kappa shape index (κ2) is 8.91. The van der Waals surface area contributed by atoms with Gasteiger partial charge in [-0.1, -0.05) is 23.7 Å². The topological polar surface area (TPSA) is 73.1 Å². The molecule has 2 aromatic carbocycles. The van der Waals surface area contributed by atoms with E-state index in [1.807, 2.05) is 30.3 Å². The van der Waals surface area contributed by atoms with Crippen molar-refractivity contribution >= 4 is 23.7 Å².